The van der Waals surface area contributed by atoms with E-state index in [9.17, 15) is 4.79 Å². The fraction of sp³-hybridized carbons (Fsp3) is 0.458. The second-order valence-electron chi connectivity index (χ2n) is 7.72. The molecule has 2 aromatic rings. The number of nitrogens with zero attached hydrogens (tertiary/aromatic N) is 1. The van der Waals surface area contributed by atoms with Crippen LogP contribution < -0.4 is 5.32 Å². The molecule has 0 saturated carbocycles. The highest BCUT2D eigenvalue weighted by Crippen LogP contribution is 2.22. The maximum atomic E-state index is 12.4. The van der Waals surface area contributed by atoms with Crippen LogP contribution in [-0.4, -0.2) is 43.7 Å². The van der Waals surface area contributed by atoms with Crippen LogP contribution in [0.4, 0.5) is 0 Å². The van der Waals surface area contributed by atoms with E-state index in [4.69, 9.17) is 4.74 Å². The molecule has 0 radical (unpaired) electrons. The first-order valence-corrected chi connectivity index (χ1v) is 10.3. The standard InChI is InChI=1S/C24H32N2O2/c1-19-6-10-21(11-7-19)4-3-5-24(27)25-18-23(26-14-16-28-17-15-26)22-12-8-20(2)9-13-22/h6-13,23H,3-5,14-18H2,1-2H3,(H,25,27). The van der Waals surface area contributed by atoms with Crippen LogP contribution >= 0.6 is 0 Å². The average molecular weight is 381 g/mol. The van der Waals surface area contributed by atoms with Gasteiger partial charge in [-0.3, -0.25) is 9.69 Å². The van der Waals surface area contributed by atoms with Crippen LogP contribution in [-0.2, 0) is 16.0 Å². The first kappa shape index (κ1) is 20.6. The Kier molecular flexibility index (Phi) is 7.63. The number of morpholine rings is 1. The molecule has 1 N–H and O–H groups in total. The summed E-state index contributed by atoms with van der Waals surface area (Å²) in [6, 6.07) is 17.4. The first-order valence-electron chi connectivity index (χ1n) is 10.3. The zero-order chi connectivity index (χ0) is 19.8. The molecule has 1 atom stereocenters. The van der Waals surface area contributed by atoms with Crippen LogP contribution in [0.25, 0.3) is 0 Å². The summed E-state index contributed by atoms with van der Waals surface area (Å²) in [4.78, 5) is 14.8. The number of carbonyl (C=O) groups excluding carboxylic acids is 1. The van der Waals surface area contributed by atoms with Crippen molar-refractivity contribution < 1.29 is 9.53 Å². The first-order chi connectivity index (χ1) is 13.6. The second-order valence-corrected chi connectivity index (χ2v) is 7.72. The third-order valence-corrected chi connectivity index (χ3v) is 5.43. The summed E-state index contributed by atoms with van der Waals surface area (Å²) in [6.45, 7) is 8.16. The molecule has 1 amide bonds. The Morgan fingerprint density at radius 1 is 1.00 bits per heavy atom. The lowest BCUT2D eigenvalue weighted by molar-refractivity contribution is -0.121. The van der Waals surface area contributed by atoms with Gasteiger partial charge in [0.1, 0.15) is 0 Å². The van der Waals surface area contributed by atoms with Crippen molar-refractivity contribution in [3.8, 4) is 0 Å². The van der Waals surface area contributed by atoms with Gasteiger partial charge in [-0.2, -0.15) is 0 Å². The van der Waals surface area contributed by atoms with Crippen LogP contribution in [0, 0.1) is 13.8 Å². The van der Waals surface area contributed by atoms with Crippen molar-refractivity contribution in [1.29, 1.82) is 0 Å². The normalized spacial score (nSPS) is 15.9. The SMILES string of the molecule is Cc1ccc(CCCC(=O)NCC(c2ccc(C)cc2)N2CCOCC2)cc1. The Balaban J connectivity index is 1.51. The van der Waals surface area contributed by atoms with Crippen molar-refractivity contribution in [2.24, 2.45) is 0 Å². The summed E-state index contributed by atoms with van der Waals surface area (Å²) in [5.74, 6) is 0.137. The zero-order valence-electron chi connectivity index (χ0n) is 17.1. The van der Waals surface area contributed by atoms with Gasteiger partial charge in [0.25, 0.3) is 0 Å². The Bertz CT molecular complexity index is 734. The van der Waals surface area contributed by atoms with Gasteiger partial charge in [-0.05, 0) is 37.8 Å². The quantitative estimate of drug-likeness (QED) is 0.757. The molecule has 1 fully saturated rings. The predicted octanol–water partition coefficient (Wildman–Crippen LogP) is 3.82. The Labute approximate surface area is 168 Å². The van der Waals surface area contributed by atoms with Gasteiger partial charge in [0.15, 0.2) is 0 Å². The van der Waals surface area contributed by atoms with Crippen molar-refractivity contribution >= 4 is 5.91 Å². The van der Waals surface area contributed by atoms with Gasteiger partial charge in [-0.1, -0.05) is 59.7 Å². The Hall–Kier alpha value is -2.17. The molecule has 0 bridgehead atoms. The number of ether oxygens (including phenoxy) is 1. The molecule has 1 saturated heterocycles. The summed E-state index contributed by atoms with van der Waals surface area (Å²) in [6.07, 6.45) is 2.39. The van der Waals surface area contributed by atoms with E-state index in [1.165, 1.54) is 22.3 Å². The van der Waals surface area contributed by atoms with E-state index in [1.54, 1.807) is 0 Å². The highest BCUT2D eigenvalue weighted by Gasteiger charge is 2.23. The Morgan fingerprint density at radius 2 is 1.61 bits per heavy atom. The largest absolute Gasteiger partial charge is 0.379 e. The fourth-order valence-electron chi connectivity index (χ4n) is 3.64. The van der Waals surface area contributed by atoms with Crippen molar-refractivity contribution in [2.45, 2.75) is 39.2 Å². The lowest BCUT2D eigenvalue weighted by Gasteiger charge is -2.35. The summed E-state index contributed by atoms with van der Waals surface area (Å²) in [5.41, 5.74) is 5.08. The topological polar surface area (TPSA) is 41.6 Å². The molecule has 28 heavy (non-hydrogen) atoms. The smallest absolute Gasteiger partial charge is 0.220 e. The molecule has 3 rings (SSSR count). The Morgan fingerprint density at radius 3 is 2.25 bits per heavy atom. The van der Waals surface area contributed by atoms with Crippen molar-refractivity contribution in [3.05, 3.63) is 70.8 Å². The number of aryl methyl sites for hydroxylation is 3. The van der Waals surface area contributed by atoms with Gasteiger partial charge in [0.2, 0.25) is 5.91 Å². The summed E-state index contributed by atoms with van der Waals surface area (Å²) >= 11 is 0. The molecule has 1 heterocycles. The maximum absolute atomic E-state index is 12.4. The average Bonchev–Trinajstić information content (AvgIpc) is 2.72. The monoisotopic (exact) mass is 380 g/mol. The van der Waals surface area contributed by atoms with Crippen molar-refractivity contribution in [2.75, 3.05) is 32.8 Å². The van der Waals surface area contributed by atoms with Gasteiger partial charge in [-0.25, -0.2) is 0 Å². The van der Waals surface area contributed by atoms with Crippen LogP contribution in [0.15, 0.2) is 48.5 Å². The van der Waals surface area contributed by atoms with E-state index in [1.807, 2.05) is 0 Å². The molecule has 150 valence electrons. The van der Waals surface area contributed by atoms with Crippen LogP contribution in [0.2, 0.25) is 0 Å². The van der Waals surface area contributed by atoms with E-state index < -0.39 is 0 Å². The van der Waals surface area contributed by atoms with Crippen LogP contribution in [0.3, 0.4) is 0 Å². The van der Waals surface area contributed by atoms with E-state index in [2.05, 4.69) is 72.6 Å². The highest BCUT2D eigenvalue weighted by atomic mass is 16.5. The van der Waals surface area contributed by atoms with Gasteiger partial charge in [0.05, 0.1) is 19.3 Å². The molecular weight excluding hydrogens is 348 g/mol. The number of hydrogen-bond acceptors (Lipinski definition) is 3. The molecule has 1 aliphatic rings. The molecule has 1 unspecified atom stereocenters. The third-order valence-electron chi connectivity index (χ3n) is 5.43. The minimum atomic E-state index is 0.137. The predicted molar refractivity (Wildman–Crippen MR) is 113 cm³/mol. The van der Waals surface area contributed by atoms with E-state index in [-0.39, 0.29) is 11.9 Å². The minimum Gasteiger partial charge on any atom is -0.379 e. The zero-order valence-corrected chi connectivity index (χ0v) is 17.1. The molecule has 1 aliphatic heterocycles. The molecule has 4 heteroatoms. The van der Waals surface area contributed by atoms with Gasteiger partial charge < -0.3 is 10.1 Å². The summed E-state index contributed by atoms with van der Waals surface area (Å²) in [7, 11) is 0. The number of rotatable bonds is 8. The number of carbonyl (C=O) groups is 1. The van der Waals surface area contributed by atoms with E-state index >= 15 is 0 Å². The molecule has 0 aliphatic carbocycles. The number of hydrogen-bond donors (Lipinski definition) is 1. The van der Waals surface area contributed by atoms with Crippen molar-refractivity contribution in [1.82, 2.24) is 10.2 Å². The highest BCUT2D eigenvalue weighted by molar-refractivity contribution is 5.75. The molecule has 4 nitrogen and oxygen atoms in total. The number of amides is 1. The minimum absolute atomic E-state index is 0.137. The third kappa shape index (κ3) is 6.18. The second kappa shape index (κ2) is 10.4. The maximum Gasteiger partial charge on any atom is 0.220 e. The molecule has 0 spiro atoms. The summed E-state index contributed by atoms with van der Waals surface area (Å²) < 4.78 is 5.50. The van der Waals surface area contributed by atoms with Gasteiger partial charge in [0, 0.05) is 26.1 Å². The summed E-state index contributed by atoms with van der Waals surface area (Å²) in [5, 5.41) is 3.17. The van der Waals surface area contributed by atoms with Crippen molar-refractivity contribution in [3.63, 3.8) is 0 Å². The molecular formula is C24H32N2O2. The van der Waals surface area contributed by atoms with E-state index in [0.717, 1.165) is 39.1 Å². The lowest BCUT2D eigenvalue weighted by atomic mass is 10.0. The molecule has 2 aromatic carbocycles. The number of benzene rings is 2. The number of nitrogens with one attached hydrogen (secondary N) is 1. The lowest BCUT2D eigenvalue weighted by Crippen LogP contribution is -2.43. The van der Waals surface area contributed by atoms with Gasteiger partial charge in [-0.15, -0.1) is 0 Å². The van der Waals surface area contributed by atoms with E-state index in [0.29, 0.717) is 13.0 Å². The van der Waals surface area contributed by atoms with Crippen LogP contribution in [0.5, 0.6) is 0 Å². The van der Waals surface area contributed by atoms with Crippen LogP contribution in [0.1, 0.15) is 41.1 Å². The fourth-order valence-corrected chi connectivity index (χ4v) is 3.64. The van der Waals surface area contributed by atoms with Gasteiger partial charge >= 0.3 is 0 Å². The molecule has 0 aromatic heterocycles.